The summed E-state index contributed by atoms with van der Waals surface area (Å²) in [4.78, 5) is 38.4. The van der Waals surface area contributed by atoms with E-state index in [1.807, 2.05) is 0 Å². The SMILES string of the molecule is CC/C=C\C/C=C\C/C=C\C/C=C\C/C=C\CCCCCCCCCCCC(=O)OCC(COC(=O)CCCCCCC/C=C\CCCCCC)OC(=O)CCCCCCCCCCCCCC/C=C\C/C=C\C/C=C\C/C=C\CC. The summed E-state index contributed by atoms with van der Waals surface area (Å²) in [7, 11) is 0. The van der Waals surface area contributed by atoms with Crippen LogP contribution in [-0.2, 0) is 28.6 Å². The highest BCUT2D eigenvalue weighted by Crippen LogP contribution is 2.16. The van der Waals surface area contributed by atoms with Crippen LogP contribution in [0.3, 0.4) is 0 Å². The molecule has 0 aromatic heterocycles. The highest BCUT2D eigenvalue weighted by molar-refractivity contribution is 5.71. The lowest BCUT2D eigenvalue weighted by Crippen LogP contribution is -2.30. The molecule has 0 saturated carbocycles. The van der Waals surface area contributed by atoms with Crippen molar-refractivity contribution < 1.29 is 28.6 Å². The first-order valence-corrected chi connectivity index (χ1v) is 34.0. The molecule has 0 aliphatic heterocycles. The van der Waals surface area contributed by atoms with Gasteiger partial charge in [-0.3, -0.25) is 14.4 Å². The topological polar surface area (TPSA) is 78.9 Å². The number of rotatable bonds is 61. The summed E-state index contributed by atoms with van der Waals surface area (Å²) in [6.45, 7) is 6.41. The number of hydrogen-bond acceptors (Lipinski definition) is 6. The van der Waals surface area contributed by atoms with Crippen molar-refractivity contribution in [2.45, 2.75) is 322 Å². The van der Waals surface area contributed by atoms with Crippen LogP contribution in [0.4, 0.5) is 0 Å². The molecular formula is C75H126O6. The first-order chi connectivity index (χ1) is 40.0. The molecule has 0 heterocycles. The first kappa shape index (κ1) is 76.8. The van der Waals surface area contributed by atoms with E-state index in [1.54, 1.807) is 0 Å². The van der Waals surface area contributed by atoms with Crippen LogP contribution in [0.1, 0.15) is 316 Å². The molecular weight excluding hydrogens is 997 g/mol. The quantitative estimate of drug-likeness (QED) is 0.0261. The lowest BCUT2D eigenvalue weighted by Gasteiger charge is -2.18. The fourth-order valence-electron chi connectivity index (χ4n) is 9.40. The minimum atomic E-state index is -0.789. The van der Waals surface area contributed by atoms with Gasteiger partial charge in [0.1, 0.15) is 13.2 Å². The Balaban J connectivity index is 4.33. The molecule has 0 bridgehead atoms. The second-order valence-electron chi connectivity index (χ2n) is 22.3. The van der Waals surface area contributed by atoms with Gasteiger partial charge in [-0.2, -0.15) is 0 Å². The van der Waals surface area contributed by atoms with E-state index in [9.17, 15) is 14.4 Å². The summed E-state index contributed by atoms with van der Waals surface area (Å²) in [5.41, 5.74) is 0. The van der Waals surface area contributed by atoms with E-state index < -0.39 is 6.10 Å². The van der Waals surface area contributed by atoms with Gasteiger partial charge in [-0.15, -0.1) is 0 Å². The molecule has 0 saturated heterocycles. The van der Waals surface area contributed by atoms with Crippen molar-refractivity contribution in [3.05, 3.63) is 122 Å². The van der Waals surface area contributed by atoms with E-state index in [4.69, 9.17) is 14.2 Å². The second-order valence-corrected chi connectivity index (χ2v) is 22.3. The van der Waals surface area contributed by atoms with E-state index in [0.717, 1.165) is 128 Å². The zero-order valence-electron chi connectivity index (χ0n) is 53.0. The molecule has 1 unspecified atom stereocenters. The van der Waals surface area contributed by atoms with Gasteiger partial charge in [-0.05, 0) is 128 Å². The van der Waals surface area contributed by atoms with Gasteiger partial charge in [-0.25, -0.2) is 0 Å². The van der Waals surface area contributed by atoms with Crippen molar-refractivity contribution in [1.82, 2.24) is 0 Å². The van der Waals surface area contributed by atoms with Gasteiger partial charge >= 0.3 is 17.9 Å². The molecule has 0 fully saturated rings. The maximum Gasteiger partial charge on any atom is 0.306 e. The van der Waals surface area contributed by atoms with Crippen LogP contribution < -0.4 is 0 Å². The first-order valence-electron chi connectivity index (χ1n) is 34.0. The van der Waals surface area contributed by atoms with Crippen molar-refractivity contribution in [3.8, 4) is 0 Å². The molecule has 0 aromatic rings. The van der Waals surface area contributed by atoms with Gasteiger partial charge in [0.15, 0.2) is 6.10 Å². The van der Waals surface area contributed by atoms with Crippen LogP contribution in [0, 0.1) is 0 Å². The van der Waals surface area contributed by atoms with Crippen molar-refractivity contribution in [2.75, 3.05) is 13.2 Å². The molecule has 0 aromatic carbocycles. The van der Waals surface area contributed by atoms with E-state index in [0.29, 0.717) is 19.3 Å². The molecule has 0 spiro atoms. The third-order valence-electron chi connectivity index (χ3n) is 14.4. The average Bonchev–Trinajstić information content (AvgIpc) is 3.46. The Bertz CT molecular complexity index is 1670. The Labute approximate surface area is 501 Å². The molecule has 0 N–H and O–H groups in total. The van der Waals surface area contributed by atoms with E-state index in [2.05, 4.69) is 142 Å². The number of carbonyl (C=O) groups excluding carboxylic acids is 3. The lowest BCUT2D eigenvalue weighted by molar-refractivity contribution is -0.167. The zero-order chi connectivity index (χ0) is 58.5. The number of hydrogen-bond donors (Lipinski definition) is 0. The highest BCUT2D eigenvalue weighted by atomic mass is 16.6. The van der Waals surface area contributed by atoms with E-state index in [1.165, 1.54) is 148 Å². The predicted molar refractivity (Wildman–Crippen MR) is 353 cm³/mol. The molecule has 6 nitrogen and oxygen atoms in total. The largest absolute Gasteiger partial charge is 0.462 e. The molecule has 462 valence electrons. The average molecular weight is 1120 g/mol. The second kappa shape index (κ2) is 68.3. The Morgan fingerprint density at radius 2 is 0.481 bits per heavy atom. The third-order valence-corrected chi connectivity index (χ3v) is 14.4. The number of unbranched alkanes of at least 4 members (excludes halogenated alkanes) is 30. The van der Waals surface area contributed by atoms with Crippen molar-refractivity contribution in [3.63, 3.8) is 0 Å². The van der Waals surface area contributed by atoms with Gasteiger partial charge < -0.3 is 14.2 Å². The monoisotopic (exact) mass is 1120 g/mol. The third kappa shape index (κ3) is 66.5. The van der Waals surface area contributed by atoms with E-state index in [-0.39, 0.29) is 31.1 Å². The number of allylic oxidation sites excluding steroid dienone is 20. The van der Waals surface area contributed by atoms with Gasteiger partial charge in [0, 0.05) is 19.3 Å². The van der Waals surface area contributed by atoms with E-state index >= 15 is 0 Å². The Morgan fingerprint density at radius 1 is 0.259 bits per heavy atom. The van der Waals surface area contributed by atoms with Crippen LogP contribution in [0.5, 0.6) is 0 Å². The lowest BCUT2D eigenvalue weighted by atomic mass is 10.0. The van der Waals surface area contributed by atoms with Gasteiger partial charge in [-0.1, -0.05) is 290 Å². The van der Waals surface area contributed by atoms with Crippen LogP contribution in [0.2, 0.25) is 0 Å². The molecule has 0 radical (unpaired) electrons. The number of esters is 3. The molecule has 0 amide bonds. The molecule has 81 heavy (non-hydrogen) atoms. The summed E-state index contributed by atoms with van der Waals surface area (Å²) in [6.07, 6.45) is 95.0. The number of carbonyl (C=O) groups is 3. The molecule has 0 aliphatic carbocycles. The number of ether oxygens (including phenoxy) is 3. The normalized spacial score (nSPS) is 12.9. The fourth-order valence-corrected chi connectivity index (χ4v) is 9.40. The molecule has 0 rings (SSSR count). The summed E-state index contributed by atoms with van der Waals surface area (Å²) in [5.74, 6) is -0.892. The van der Waals surface area contributed by atoms with Gasteiger partial charge in [0.05, 0.1) is 0 Å². The van der Waals surface area contributed by atoms with Gasteiger partial charge in [0.2, 0.25) is 0 Å². The van der Waals surface area contributed by atoms with Crippen molar-refractivity contribution >= 4 is 17.9 Å². The van der Waals surface area contributed by atoms with Gasteiger partial charge in [0.25, 0.3) is 0 Å². The van der Waals surface area contributed by atoms with Crippen molar-refractivity contribution in [1.29, 1.82) is 0 Å². The minimum absolute atomic E-state index is 0.0852. The predicted octanol–water partition coefficient (Wildman–Crippen LogP) is 23.6. The molecule has 1 atom stereocenters. The van der Waals surface area contributed by atoms with Crippen LogP contribution in [0.25, 0.3) is 0 Å². The van der Waals surface area contributed by atoms with Crippen LogP contribution in [0.15, 0.2) is 122 Å². The Hall–Kier alpha value is -4.19. The summed E-state index contributed by atoms with van der Waals surface area (Å²) in [6, 6.07) is 0. The van der Waals surface area contributed by atoms with Crippen LogP contribution >= 0.6 is 0 Å². The molecule has 0 aliphatic rings. The minimum Gasteiger partial charge on any atom is -0.462 e. The highest BCUT2D eigenvalue weighted by Gasteiger charge is 2.19. The zero-order valence-corrected chi connectivity index (χ0v) is 53.0. The van der Waals surface area contributed by atoms with Crippen molar-refractivity contribution in [2.24, 2.45) is 0 Å². The smallest absolute Gasteiger partial charge is 0.306 e. The van der Waals surface area contributed by atoms with Crippen LogP contribution in [-0.4, -0.2) is 37.2 Å². The summed E-state index contributed by atoms with van der Waals surface area (Å²) in [5, 5.41) is 0. The maximum atomic E-state index is 13.0. The Kier molecular flexibility index (Phi) is 64.8. The fraction of sp³-hybridized carbons (Fsp3) is 0.693. The summed E-state index contributed by atoms with van der Waals surface area (Å²) < 4.78 is 17.0. The summed E-state index contributed by atoms with van der Waals surface area (Å²) >= 11 is 0. The Morgan fingerprint density at radius 3 is 0.765 bits per heavy atom. The maximum absolute atomic E-state index is 13.0. The standard InChI is InChI=1S/C75H126O6/c1-4-7-10-13-16-19-22-25-27-29-31-33-35-37-39-41-43-45-47-50-53-56-59-62-65-68-74(77)80-71-72(70-79-73(76)67-64-61-58-55-52-49-24-21-18-15-12-9-6-3)81-75(78)69-66-63-60-57-54-51-48-46-44-42-40-38-36-34-32-30-28-26-23-20-17-14-11-8-5-2/h7-8,10-11,16-17,19-21,24-28,31-34,37,39,72H,4-6,9,12-15,18,22-23,29-30,35-36,38,40-71H2,1-3H3/b10-7-,11-8-,19-16-,20-17-,24-21-,27-25-,28-26-,33-31-,34-32-,39-37-. The molecule has 6 heteroatoms.